The zero-order valence-corrected chi connectivity index (χ0v) is 22.5. The van der Waals surface area contributed by atoms with Crippen molar-refractivity contribution in [2.45, 2.75) is 0 Å². The minimum absolute atomic E-state index is 1.19. The van der Waals surface area contributed by atoms with Gasteiger partial charge in [0.15, 0.2) is 0 Å². The molecule has 0 saturated carbocycles. The Morgan fingerprint density at radius 3 is 1.85 bits per heavy atom. The molecule has 0 aliphatic rings. The van der Waals surface area contributed by atoms with Gasteiger partial charge in [-0.15, -0.1) is 22.7 Å². The summed E-state index contributed by atoms with van der Waals surface area (Å²) < 4.78 is 7.88. The molecule has 0 atom stereocenters. The molecular weight excluding hydrogens is 511 g/mol. The molecule has 0 bridgehead atoms. The van der Waals surface area contributed by atoms with Gasteiger partial charge in [0.2, 0.25) is 0 Å². The number of fused-ring (bicyclic) bond motifs is 11. The van der Waals surface area contributed by atoms with Crippen molar-refractivity contribution >= 4 is 84.8 Å². The lowest BCUT2D eigenvalue weighted by molar-refractivity contribution is 1.18. The Kier molecular flexibility index (Phi) is 4.43. The fourth-order valence-corrected chi connectivity index (χ4v) is 8.66. The number of hydrogen-bond donors (Lipinski definition) is 0. The summed E-state index contributed by atoms with van der Waals surface area (Å²) in [6.07, 6.45) is 0. The SMILES string of the molecule is c1ccc(-c2ccc(-n3c4ccc5c6ccccc6sc5c4c4c5c(ccc43)sc3ccccc35)cc2)cc1. The first-order valence-electron chi connectivity index (χ1n) is 13.2. The van der Waals surface area contributed by atoms with Crippen LogP contribution in [0, 0.1) is 0 Å². The molecule has 9 aromatic rings. The van der Waals surface area contributed by atoms with Gasteiger partial charge in [-0.3, -0.25) is 0 Å². The van der Waals surface area contributed by atoms with E-state index in [4.69, 9.17) is 0 Å². The van der Waals surface area contributed by atoms with Gasteiger partial charge in [0, 0.05) is 56.8 Å². The van der Waals surface area contributed by atoms with E-state index < -0.39 is 0 Å². The van der Waals surface area contributed by atoms with Crippen molar-refractivity contribution in [3.05, 3.63) is 127 Å². The number of thiophene rings is 2. The van der Waals surface area contributed by atoms with Gasteiger partial charge in [-0.1, -0.05) is 84.9 Å². The third kappa shape index (κ3) is 3.00. The standard InChI is InChI=1S/C36H21NS2/c1-2-8-22(9-3-1)23-14-16-24(17-15-23)37-28-20-21-32-33(27-11-5-7-13-31(27)38-32)34(28)35-29(37)19-18-26-25-10-4-6-12-30(25)39-36(26)35/h1-21H. The van der Waals surface area contributed by atoms with E-state index in [1.165, 1.54) is 79.0 Å². The number of nitrogens with zero attached hydrogens (tertiary/aromatic N) is 1. The molecule has 0 saturated heterocycles. The zero-order valence-electron chi connectivity index (χ0n) is 20.9. The molecule has 9 rings (SSSR count). The van der Waals surface area contributed by atoms with Crippen LogP contribution >= 0.6 is 22.7 Å². The van der Waals surface area contributed by atoms with Gasteiger partial charge in [-0.2, -0.15) is 0 Å². The third-order valence-corrected chi connectivity index (χ3v) is 10.4. The Bertz CT molecular complexity index is 2370. The summed E-state index contributed by atoms with van der Waals surface area (Å²) in [6.45, 7) is 0. The first kappa shape index (κ1) is 21.5. The molecule has 3 heteroatoms. The van der Waals surface area contributed by atoms with Crippen LogP contribution in [0.3, 0.4) is 0 Å². The van der Waals surface area contributed by atoms with Crippen LogP contribution in [0.4, 0.5) is 0 Å². The van der Waals surface area contributed by atoms with E-state index in [1.54, 1.807) is 0 Å². The van der Waals surface area contributed by atoms with E-state index in [1.807, 2.05) is 22.7 Å². The number of rotatable bonds is 2. The Morgan fingerprint density at radius 1 is 0.385 bits per heavy atom. The molecule has 0 fully saturated rings. The topological polar surface area (TPSA) is 4.93 Å². The molecule has 0 spiro atoms. The van der Waals surface area contributed by atoms with Crippen LogP contribution in [0.15, 0.2) is 127 Å². The number of aromatic nitrogens is 1. The molecule has 39 heavy (non-hydrogen) atoms. The highest BCUT2D eigenvalue weighted by atomic mass is 32.1. The van der Waals surface area contributed by atoms with E-state index >= 15 is 0 Å². The third-order valence-electron chi connectivity index (χ3n) is 8.01. The predicted octanol–water partition coefficient (Wildman–Crippen LogP) is 11.2. The first-order valence-corrected chi connectivity index (χ1v) is 14.8. The van der Waals surface area contributed by atoms with E-state index in [2.05, 4.69) is 132 Å². The summed E-state index contributed by atoms with van der Waals surface area (Å²) in [5.74, 6) is 0. The van der Waals surface area contributed by atoms with Crippen molar-refractivity contribution < 1.29 is 0 Å². The van der Waals surface area contributed by atoms with Crippen molar-refractivity contribution in [3.8, 4) is 16.8 Å². The van der Waals surface area contributed by atoms with Crippen molar-refractivity contribution in [3.63, 3.8) is 0 Å². The maximum Gasteiger partial charge on any atom is 0.0556 e. The quantitative estimate of drug-likeness (QED) is 0.209. The second-order valence-corrected chi connectivity index (χ2v) is 12.2. The molecule has 0 N–H and O–H groups in total. The molecule has 0 unspecified atom stereocenters. The first-order chi connectivity index (χ1) is 19.3. The second-order valence-electron chi connectivity index (χ2n) is 10.1. The van der Waals surface area contributed by atoms with Crippen molar-refractivity contribution in [1.29, 1.82) is 0 Å². The number of hydrogen-bond acceptors (Lipinski definition) is 2. The second kappa shape index (κ2) is 8.03. The molecule has 1 nitrogen and oxygen atoms in total. The van der Waals surface area contributed by atoms with Crippen LogP contribution in [0.25, 0.3) is 79.0 Å². The summed E-state index contributed by atoms with van der Waals surface area (Å²) in [7, 11) is 0. The normalized spacial score (nSPS) is 12.1. The summed E-state index contributed by atoms with van der Waals surface area (Å²) in [5.41, 5.74) is 6.19. The average Bonchev–Trinajstić information content (AvgIpc) is 3.66. The summed E-state index contributed by atoms with van der Waals surface area (Å²) in [5, 5.41) is 8.14. The highest BCUT2D eigenvalue weighted by Crippen LogP contribution is 2.48. The minimum atomic E-state index is 1.19. The van der Waals surface area contributed by atoms with Crippen LogP contribution in [0.1, 0.15) is 0 Å². The van der Waals surface area contributed by atoms with Crippen molar-refractivity contribution in [1.82, 2.24) is 4.57 Å². The molecule has 0 radical (unpaired) electrons. The van der Waals surface area contributed by atoms with E-state index in [0.717, 1.165) is 0 Å². The lowest BCUT2D eigenvalue weighted by Crippen LogP contribution is -1.93. The summed E-state index contributed by atoms with van der Waals surface area (Å²) in [4.78, 5) is 0. The van der Waals surface area contributed by atoms with Crippen LogP contribution in [0.5, 0.6) is 0 Å². The number of benzene rings is 6. The fourth-order valence-electron chi connectivity index (χ4n) is 6.29. The molecule has 3 aromatic heterocycles. The monoisotopic (exact) mass is 531 g/mol. The predicted molar refractivity (Wildman–Crippen MR) is 172 cm³/mol. The van der Waals surface area contributed by atoms with Gasteiger partial charge in [-0.25, -0.2) is 0 Å². The fraction of sp³-hybridized carbons (Fsp3) is 0. The molecule has 0 aliphatic carbocycles. The van der Waals surface area contributed by atoms with E-state index in [0.29, 0.717) is 0 Å². The minimum Gasteiger partial charge on any atom is -0.309 e. The highest BCUT2D eigenvalue weighted by Gasteiger charge is 2.21. The van der Waals surface area contributed by atoms with Gasteiger partial charge >= 0.3 is 0 Å². The smallest absolute Gasteiger partial charge is 0.0556 e. The molecule has 3 heterocycles. The van der Waals surface area contributed by atoms with Crippen LogP contribution in [-0.4, -0.2) is 4.57 Å². The highest BCUT2D eigenvalue weighted by molar-refractivity contribution is 7.27. The molecule has 6 aromatic carbocycles. The van der Waals surface area contributed by atoms with Gasteiger partial charge in [0.25, 0.3) is 0 Å². The van der Waals surface area contributed by atoms with Gasteiger partial charge < -0.3 is 4.57 Å². The van der Waals surface area contributed by atoms with E-state index in [9.17, 15) is 0 Å². The molecule has 182 valence electrons. The van der Waals surface area contributed by atoms with Crippen LogP contribution in [0.2, 0.25) is 0 Å². The van der Waals surface area contributed by atoms with Gasteiger partial charge in [-0.05, 0) is 53.6 Å². The Balaban J connectivity index is 1.45. The Hall–Kier alpha value is -4.44. The van der Waals surface area contributed by atoms with Crippen molar-refractivity contribution in [2.75, 3.05) is 0 Å². The summed E-state index contributed by atoms with van der Waals surface area (Å²) in [6, 6.07) is 46.6. The van der Waals surface area contributed by atoms with Crippen LogP contribution < -0.4 is 0 Å². The van der Waals surface area contributed by atoms with E-state index in [-0.39, 0.29) is 0 Å². The molecular formula is C36H21NS2. The maximum absolute atomic E-state index is 2.47. The lowest BCUT2D eigenvalue weighted by Gasteiger charge is -2.09. The van der Waals surface area contributed by atoms with Crippen LogP contribution in [-0.2, 0) is 0 Å². The Labute approximate surface area is 232 Å². The zero-order chi connectivity index (χ0) is 25.5. The lowest BCUT2D eigenvalue weighted by atomic mass is 10.0. The van der Waals surface area contributed by atoms with Gasteiger partial charge in [0.05, 0.1) is 11.0 Å². The molecule has 0 amide bonds. The largest absolute Gasteiger partial charge is 0.309 e. The summed E-state index contributed by atoms with van der Waals surface area (Å²) >= 11 is 3.82. The molecule has 0 aliphatic heterocycles. The maximum atomic E-state index is 2.47. The van der Waals surface area contributed by atoms with Crippen molar-refractivity contribution in [2.24, 2.45) is 0 Å². The Morgan fingerprint density at radius 2 is 1.03 bits per heavy atom. The van der Waals surface area contributed by atoms with Gasteiger partial charge in [0.1, 0.15) is 0 Å². The average molecular weight is 532 g/mol.